The summed E-state index contributed by atoms with van der Waals surface area (Å²) in [5, 5.41) is 11.7. The van der Waals surface area contributed by atoms with Crippen molar-refractivity contribution in [1.82, 2.24) is 14.5 Å². The Kier molecular flexibility index (Phi) is 8.70. The summed E-state index contributed by atoms with van der Waals surface area (Å²) in [4.78, 5) is 9.87. The van der Waals surface area contributed by atoms with Crippen molar-refractivity contribution in [2.24, 2.45) is 0 Å². The number of fused-ring (bicyclic) bond motifs is 1. The molecular formula is C54H52N3OPt-. The van der Waals surface area contributed by atoms with Gasteiger partial charge in [-0.1, -0.05) is 164 Å². The molecule has 0 aliphatic rings. The number of aromatic hydroxyl groups is 1. The van der Waals surface area contributed by atoms with Gasteiger partial charge in [-0.05, 0) is 86.0 Å². The maximum absolute atomic E-state index is 11.7. The first-order valence-corrected chi connectivity index (χ1v) is 19.6. The number of para-hydroxylation sites is 1. The van der Waals surface area contributed by atoms with Crippen molar-refractivity contribution in [1.29, 1.82) is 0 Å². The first kappa shape index (κ1) is 32.3. The number of nitrogens with zero attached hydrogens (tertiary/aromatic N) is 3. The van der Waals surface area contributed by atoms with Crippen LogP contribution >= 0.6 is 0 Å². The van der Waals surface area contributed by atoms with Crippen molar-refractivity contribution in [2.45, 2.75) is 78.6 Å². The number of hydrogen-bond donors (Lipinski definition) is 1. The molecule has 59 heavy (non-hydrogen) atoms. The van der Waals surface area contributed by atoms with E-state index in [2.05, 4.69) is 108 Å². The second-order valence-corrected chi connectivity index (χ2v) is 17.9. The fourth-order valence-electron chi connectivity index (χ4n) is 7.29. The number of rotatable bonds is 6. The van der Waals surface area contributed by atoms with E-state index in [1.54, 1.807) is 6.07 Å². The molecule has 0 amide bonds. The maximum Gasteiger partial charge on any atom is 0.148 e. The van der Waals surface area contributed by atoms with Crippen LogP contribution in [0.15, 0.2) is 146 Å². The standard InChI is InChI=1S/C54H52N3O.Pt/c1-52(2,3)41-24-26-49(58)44(34-41)51-56-50-43(21-16-22-48(50)57(51)47-25-23-37(32-45(47)54(7,8)9)35-17-12-10-13-18-35)39-29-40(31-42(30-39)53(4,5)6)46-33-38(27-28-55-46)36-19-14-11-15-20-36;/h10-28,30-34,58H,1-9H3;/q-1;/i11D,14D,15D,19D,20D,27D,28D,33D;. The third-order valence-electron chi connectivity index (χ3n) is 10.6. The Morgan fingerprint density at radius 3 is 2.02 bits per heavy atom. The minimum absolute atomic E-state index is 0. The quantitative estimate of drug-likeness (QED) is 0.169. The van der Waals surface area contributed by atoms with Gasteiger partial charge in [0.05, 0.1) is 33.3 Å². The third kappa shape index (κ3) is 8.34. The molecule has 0 fully saturated rings. The van der Waals surface area contributed by atoms with Gasteiger partial charge in [0.1, 0.15) is 11.6 Å². The molecule has 0 bridgehead atoms. The van der Waals surface area contributed by atoms with Gasteiger partial charge < -0.3 is 5.11 Å². The van der Waals surface area contributed by atoms with Crippen LogP contribution < -0.4 is 0 Å². The number of phenols is 1. The summed E-state index contributed by atoms with van der Waals surface area (Å²) in [5.74, 6) is 0.616. The molecule has 300 valence electrons. The average molecular weight is 962 g/mol. The Bertz CT molecular complexity index is 3230. The number of phenolic OH excluding ortho intramolecular Hbond substituents is 1. The van der Waals surface area contributed by atoms with Crippen molar-refractivity contribution in [3.8, 4) is 67.5 Å². The van der Waals surface area contributed by atoms with Crippen LogP contribution in [-0.4, -0.2) is 19.6 Å². The van der Waals surface area contributed by atoms with Crippen LogP contribution in [0.2, 0.25) is 0 Å². The number of hydrogen-bond acceptors (Lipinski definition) is 3. The number of aromatic nitrogens is 3. The van der Waals surface area contributed by atoms with Crippen molar-refractivity contribution < 1.29 is 37.1 Å². The van der Waals surface area contributed by atoms with Crippen LogP contribution in [0.4, 0.5) is 0 Å². The van der Waals surface area contributed by atoms with Crippen LogP contribution in [0.5, 0.6) is 5.75 Å². The zero-order valence-corrected chi connectivity index (χ0v) is 37.1. The summed E-state index contributed by atoms with van der Waals surface area (Å²) in [5.41, 5.74) is 7.91. The molecule has 8 rings (SSSR count). The Balaban J connectivity index is 0.00000666. The monoisotopic (exact) mass is 961 g/mol. The zero-order chi connectivity index (χ0) is 47.9. The first-order chi connectivity index (χ1) is 30.9. The second kappa shape index (κ2) is 15.9. The van der Waals surface area contributed by atoms with E-state index in [9.17, 15) is 6.48 Å². The summed E-state index contributed by atoms with van der Waals surface area (Å²) in [6.07, 6.45) is -0.519. The molecule has 0 atom stereocenters. The molecule has 2 aromatic heterocycles. The zero-order valence-electron chi connectivity index (χ0n) is 42.8. The molecule has 0 saturated carbocycles. The van der Waals surface area contributed by atoms with Crippen molar-refractivity contribution in [3.05, 3.63) is 168 Å². The topological polar surface area (TPSA) is 50.9 Å². The van der Waals surface area contributed by atoms with Crippen LogP contribution in [0.1, 0.15) is 90.0 Å². The average Bonchev–Trinajstić information content (AvgIpc) is 3.66. The minimum atomic E-state index is -0.606. The van der Waals surface area contributed by atoms with Crippen LogP contribution in [0.25, 0.3) is 72.7 Å². The molecule has 1 N–H and O–H groups in total. The van der Waals surface area contributed by atoms with E-state index in [1.165, 1.54) is 0 Å². The van der Waals surface area contributed by atoms with E-state index in [-0.39, 0.29) is 60.5 Å². The van der Waals surface area contributed by atoms with Crippen LogP contribution in [-0.2, 0) is 37.3 Å². The third-order valence-corrected chi connectivity index (χ3v) is 10.6. The molecule has 5 heteroatoms. The molecule has 0 aliphatic heterocycles. The van der Waals surface area contributed by atoms with Crippen LogP contribution in [0.3, 0.4) is 0 Å². The summed E-state index contributed by atoms with van der Waals surface area (Å²) in [7, 11) is 0. The molecule has 8 aromatic rings. The minimum Gasteiger partial charge on any atom is -0.507 e. The summed E-state index contributed by atoms with van der Waals surface area (Å²) >= 11 is 0. The van der Waals surface area contributed by atoms with E-state index >= 15 is 0 Å². The smallest absolute Gasteiger partial charge is 0.148 e. The van der Waals surface area contributed by atoms with E-state index in [4.69, 9.17) is 14.6 Å². The van der Waals surface area contributed by atoms with Crippen molar-refractivity contribution in [3.63, 3.8) is 0 Å². The Morgan fingerprint density at radius 2 is 1.32 bits per heavy atom. The molecule has 0 radical (unpaired) electrons. The van der Waals surface area contributed by atoms with Gasteiger partial charge in [0.15, 0.2) is 0 Å². The molecule has 2 heterocycles. The van der Waals surface area contributed by atoms with Gasteiger partial charge in [-0.15, -0.1) is 29.3 Å². The number of imidazole rings is 1. The molecule has 4 nitrogen and oxygen atoms in total. The normalized spacial score (nSPS) is 14.0. The van der Waals surface area contributed by atoms with E-state index in [0.717, 1.165) is 39.0 Å². The fourth-order valence-corrected chi connectivity index (χ4v) is 7.29. The molecule has 6 aromatic carbocycles. The van der Waals surface area contributed by atoms with Gasteiger partial charge in [-0.2, -0.15) is 0 Å². The van der Waals surface area contributed by atoms with E-state index in [1.807, 2.05) is 60.7 Å². The number of benzene rings is 6. The predicted octanol–water partition coefficient (Wildman–Crippen LogP) is 14.2. The molecule has 0 aliphatic carbocycles. The largest absolute Gasteiger partial charge is 0.507 e. The summed E-state index contributed by atoms with van der Waals surface area (Å²) in [6.45, 7) is 19.1. The summed E-state index contributed by atoms with van der Waals surface area (Å²) in [6, 6.07) is 31.8. The Hall–Kier alpha value is -5.57. The van der Waals surface area contributed by atoms with Crippen LogP contribution in [0, 0.1) is 6.07 Å². The fraction of sp³-hybridized carbons (Fsp3) is 0.222. The van der Waals surface area contributed by atoms with Gasteiger partial charge in [0.25, 0.3) is 0 Å². The molecular weight excluding hydrogens is 902 g/mol. The van der Waals surface area contributed by atoms with E-state index in [0.29, 0.717) is 33.6 Å². The second-order valence-electron chi connectivity index (χ2n) is 17.9. The van der Waals surface area contributed by atoms with Gasteiger partial charge in [0.2, 0.25) is 0 Å². The number of pyridine rings is 1. The maximum atomic E-state index is 11.7. The summed E-state index contributed by atoms with van der Waals surface area (Å²) < 4.78 is 71.4. The molecule has 0 spiro atoms. The van der Waals surface area contributed by atoms with Gasteiger partial charge in [-0.3, -0.25) is 9.55 Å². The predicted molar refractivity (Wildman–Crippen MR) is 243 cm³/mol. The van der Waals surface area contributed by atoms with E-state index < -0.39 is 47.8 Å². The SMILES string of the molecule is [2H]c1nc(-c2[c-]c(-c3cccc4c3nc(-c3cc(C(C)(C)C)ccc3O)n4-c3ccc(-c4ccccc4)cc3C(C)(C)C)cc(C(C)(C)C)c2)c([2H])c(-c2c([2H])c([2H])c([2H])c([2H])c2[2H])c1[2H].[Pt]. The van der Waals surface area contributed by atoms with Gasteiger partial charge >= 0.3 is 0 Å². The van der Waals surface area contributed by atoms with Crippen molar-refractivity contribution >= 4 is 11.0 Å². The first-order valence-electron chi connectivity index (χ1n) is 23.6. The van der Waals surface area contributed by atoms with Crippen molar-refractivity contribution in [2.75, 3.05) is 0 Å². The molecule has 0 saturated heterocycles. The van der Waals surface area contributed by atoms with Gasteiger partial charge in [0, 0.05) is 32.9 Å². The molecule has 0 unspecified atom stereocenters. The van der Waals surface area contributed by atoms with Gasteiger partial charge in [-0.25, -0.2) is 4.98 Å². The Morgan fingerprint density at radius 1 is 0.610 bits per heavy atom. The Labute approximate surface area is 375 Å².